The number of rotatable bonds is 8. The number of aliphatic hydroxyl groups is 1. The highest BCUT2D eigenvalue weighted by Crippen LogP contribution is 2.44. The van der Waals surface area contributed by atoms with Gasteiger partial charge in [0.15, 0.2) is 5.82 Å². The number of nitrogens with one attached hydrogen (secondary N) is 1. The number of H-pyrrole nitrogens is 1. The molecular formula is C30H39ClN6O3. The molecule has 1 unspecified atom stereocenters. The molecule has 214 valence electrons. The molecule has 3 aromatic rings. The number of benzene rings is 1. The lowest BCUT2D eigenvalue weighted by Gasteiger charge is -2.44. The summed E-state index contributed by atoms with van der Waals surface area (Å²) in [5.74, 6) is 0.670. The van der Waals surface area contributed by atoms with Gasteiger partial charge in [-0.25, -0.2) is 19.9 Å². The summed E-state index contributed by atoms with van der Waals surface area (Å²) in [5.41, 5.74) is 7.94. The Bertz CT molecular complexity index is 1400. The molecule has 0 amide bonds. The third-order valence-corrected chi connectivity index (χ3v) is 9.03. The molecule has 0 bridgehead atoms. The van der Waals surface area contributed by atoms with Gasteiger partial charge in [-0.1, -0.05) is 69.3 Å². The lowest BCUT2D eigenvalue weighted by Crippen LogP contribution is -2.46. The Morgan fingerprint density at radius 3 is 2.58 bits per heavy atom. The van der Waals surface area contributed by atoms with Crippen LogP contribution in [-0.4, -0.2) is 37.4 Å². The Balaban J connectivity index is 1.65. The minimum Gasteiger partial charge on any atom is -0.384 e. The van der Waals surface area contributed by atoms with E-state index >= 15 is 0 Å². The molecule has 5 rings (SSSR count). The minimum absolute atomic E-state index is 0.0626. The molecule has 0 radical (unpaired) electrons. The van der Waals surface area contributed by atoms with Crippen LogP contribution in [-0.2, 0) is 0 Å². The van der Waals surface area contributed by atoms with E-state index in [0.717, 1.165) is 51.4 Å². The van der Waals surface area contributed by atoms with E-state index in [1.54, 1.807) is 12.1 Å². The van der Waals surface area contributed by atoms with Crippen molar-refractivity contribution in [2.24, 2.45) is 17.8 Å². The zero-order valence-corrected chi connectivity index (χ0v) is 24.1. The van der Waals surface area contributed by atoms with Crippen molar-refractivity contribution in [2.75, 3.05) is 17.2 Å². The zero-order chi connectivity index (χ0) is 28.4. The molecule has 2 heterocycles. The van der Waals surface area contributed by atoms with Gasteiger partial charge >= 0.3 is 5.76 Å². The Labute approximate surface area is 239 Å². The van der Waals surface area contributed by atoms with Crippen LogP contribution in [0.25, 0.3) is 23.0 Å². The molecule has 0 spiro atoms. The van der Waals surface area contributed by atoms with E-state index in [4.69, 9.17) is 26.7 Å². The fraction of sp³-hybridized carbons (Fsp3) is 0.533. The Hall–Kier alpha value is -3.17. The number of nitrogen functional groups attached to an aromatic ring is 1. The average Bonchev–Trinajstić information content (AvgIpc) is 3.39. The second-order valence-electron chi connectivity index (χ2n) is 11.7. The van der Waals surface area contributed by atoms with E-state index in [1.807, 2.05) is 24.0 Å². The molecule has 0 aliphatic heterocycles. The molecule has 0 saturated heterocycles. The summed E-state index contributed by atoms with van der Waals surface area (Å²) in [6.45, 7) is 9.31. The topological polar surface area (TPSA) is 134 Å². The number of hydrogen-bond donors (Lipinski definition) is 3. The van der Waals surface area contributed by atoms with Crippen molar-refractivity contribution in [1.29, 1.82) is 0 Å². The lowest BCUT2D eigenvalue weighted by molar-refractivity contribution is 0.0147. The van der Waals surface area contributed by atoms with E-state index in [-0.39, 0.29) is 23.5 Å². The molecule has 2 aliphatic rings. The van der Waals surface area contributed by atoms with Crippen LogP contribution in [0.3, 0.4) is 0 Å². The standard InChI is InChI=1S/C30H39ClN6O3/c1-18-12-14-20(15-13-18)17-37(19(2)30(3,39)22-9-5-4-6-10-22)25-24(21-8-7-11-23(31)16-21)33-27(34-26(25)32)28-35-36-29(38)40-28/h7-8,11,16,18,20,22,39H,2,4-6,9-10,12-15,17H2,1,3H3,(H,36,38)(H2,32,33,34). The van der Waals surface area contributed by atoms with E-state index in [0.29, 0.717) is 46.0 Å². The van der Waals surface area contributed by atoms with Gasteiger partial charge in [0.2, 0.25) is 5.82 Å². The summed E-state index contributed by atoms with van der Waals surface area (Å²) >= 11 is 6.41. The second-order valence-corrected chi connectivity index (χ2v) is 12.2. The highest BCUT2D eigenvalue weighted by Gasteiger charge is 2.40. The van der Waals surface area contributed by atoms with Crippen LogP contribution in [0.4, 0.5) is 11.5 Å². The summed E-state index contributed by atoms with van der Waals surface area (Å²) in [5, 5.41) is 18.7. The molecule has 10 heteroatoms. The van der Waals surface area contributed by atoms with E-state index < -0.39 is 11.4 Å². The Morgan fingerprint density at radius 1 is 1.20 bits per heavy atom. The molecule has 2 aliphatic carbocycles. The smallest absolute Gasteiger partial charge is 0.384 e. The van der Waals surface area contributed by atoms with Crippen molar-refractivity contribution < 1.29 is 9.52 Å². The zero-order valence-electron chi connectivity index (χ0n) is 23.3. The van der Waals surface area contributed by atoms with Gasteiger partial charge in [-0.2, -0.15) is 0 Å². The lowest BCUT2D eigenvalue weighted by atomic mass is 9.75. The fourth-order valence-corrected chi connectivity index (χ4v) is 6.47. The molecule has 9 nitrogen and oxygen atoms in total. The van der Waals surface area contributed by atoms with Gasteiger partial charge in [-0.15, -0.1) is 5.10 Å². The number of hydrogen-bond acceptors (Lipinski definition) is 8. The molecular weight excluding hydrogens is 528 g/mol. The van der Waals surface area contributed by atoms with Gasteiger partial charge in [0.05, 0.1) is 0 Å². The predicted molar refractivity (Wildman–Crippen MR) is 158 cm³/mol. The van der Waals surface area contributed by atoms with E-state index in [2.05, 4.69) is 28.7 Å². The quantitative estimate of drug-likeness (QED) is 0.293. The first-order valence-electron chi connectivity index (χ1n) is 14.3. The summed E-state index contributed by atoms with van der Waals surface area (Å²) in [6.07, 6.45) is 9.77. The van der Waals surface area contributed by atoms with Crippen molar-refractivity contribution >= 4 is 23.1 Å². The molecule has 2 aromatic heterocycles. The highest BCUT2D eigenvalue weighted by atomic mass is 35.5. The van der Waals surface area contributed by atoms with Gasteiger partial charge in [-0.05, 0) is 62.5 Å². The number of anilines is 2. The van der Waals surface area contributed by atoms with Crippen LogP contribution < -0.4 is 16.4 Å². The van der Waals surface area contributed by atoms with Crippen molar-refractivity contribution in [3.8, 4) is 23.0 Å². The largest absolute Gasteiger partial charge is 0.434 e. The molecule has 40 heavy (non-hydrogen) atoms. The van der Waals surface area contributed by atoms with Gasteiger partial charge in [0.1, 0.15) is 17.0 Å². The minimum atomic E-state index is -1.14. The second kappa shape index (κ2) is 11.7. The Morgan fingerprint density at radius 2 is 1.93 bits per heavy atom. The molecule has 2 fully saturated rings. The first-order valence-corrected chi connectivity index (χ1v) is 14.7. The first kappa shape index (κ1) is 28.4. The van der Waals surface area contributed by atoms with Crippen LogP contribution in [0.2, 0.25) is 5.02 Å². The van der Waals surface area contributed by atoms with Crippen molar-refractivity contribution in [3.63, 3.8) is 0 Å². The summed E-state index contributed by atoms with van der Waals surface area (Å²) in [6, 6.07) is 7.33. The van der Waals surface area contributed by atoms with Crippen molar-refractivity contribution in [1.82, 2.24) is 20.2 Å². The number of nitrogens with two attached hydrogens (primary N) is 1. The van der Waals surface area contributed by atoms with Crippen LogP contribution in [0.5, 0.6) is 0 Å². The molecule has 1 aromatic carbocycles. The predicted octanol–water partition coefficient (Wildman–Crippen LogP) is 6.20. The van der Waals surface area contributed by atoms with Crippen LogP contribution in [0, 0.1) is 17.8 Å². The fourth-order valence-electron chi connectivity index (χ4n) is 6.28. The molecule has 1 atom stereocenters. The van der Waals surface area contributed by atoms with Crippen molar-refractivity contribution in [2.45, 2.75) is 77.2 Å². The van der Waals surface area contributed by atoms with Crippen LogP contribution in [0.1, 0.15) is 71.6 Å². The maximum atomic E-state index is 12.0. The third-order valence-electron chi connectivity index (χ3n) is 8.79. The SMILES string of the molecule is C=C(N(CC1CCC(C)CC1)c1c(N)nc(-c2n[nH]c(=O)o2)nc1-c1cccc(Cl)c1)C(C)(O)C1CCCCC1. The molecule has 2 saturated carbocycles. The van der Waals surface area contributed by atoms with Gasteiger partial charge in [0.25, 0.3) is 5.89 Å². The van der Waals surface area contributed by atoms with Gasteiger partial charge in [0, 0.05) is 22.8 Å². The first-order chi connectivity index (χ1) is 19.1. The number of aromatic nitrogens is 4. The highest BCUT2D eigenvalue weighted by molar-refractivity contribution is 6.30. The van der Waals surface area contributed by atoms with Gasteiger partial charge in [-0.3, -0.25) is 0 Å². The summed E-state index contributed by atoms with van der Waals surface area (Å²) in [7, 11) is 0. The van der Waals surface area contributed by atoms with Gasteiger partial charge < -0.3 is 20.2 Å². The normalized spacial score (nSPS) is 21.6. The van der Waals surface area contributed by atoms with Crippen LogP contribution in [0.15, 0.2) is 45.8 Å². The summed E-state index contributed by atoms with van der Waals surface area (Å²) < 4.78 is 5.15. The van der Waals surface area contributed by atoms with Crippen molar-refractivity contribution in [3.05, 3.63) is 52.1 Å². The monoisotopic (exact) mass is 566 g/mol. The number of halogens is 1. The van der Waals surface area contributed by atoms with E-state index in [1.165, 1.54) is 6.42 Å². The Kier molecular flexibility index (Phi) is 8.33. The average molecular weight is 567 g/mol. The number of nitrogens with zero attached hydrogens (tertiary/aromatic N) is 4. The maximum absolute atomic E-state index is 12.0. The maximum Gasteiger partial charge on any atom is 0.434 e. The number of aromatic amines is 1. The third kappa shape index (κ3) is 5.95. The summed E-state index contributed by atoms with van der Waals surface area (Å²) in [4.78, 5) is 23.1. The van der Waals surface area contributed by atoms with E-state index in [9.17, 15) is 9.90 Å². The van der Waals surface area contributed by atoms with Crippen LogP contribution >= 0.6 is 11.6 Å². The molecule has 4 N–H and O–H groups in total.